The molecule has 2 aliphatic rings. The van der Waals surface area contributed by atoms with Gasteiger partial charge in [-0.25, -0.2) is 9.59 Å². The van der Waals surface area contributed by atoms with Crippen molar-refractivity contribution in [3.8, 4) is 33.8 Å². The van der Waals surface area contributed by atoms with Crippen molar-refractivity contribution in [2.24, 2.45) is 0 Å². The normalized spacial score (nSPS) is 15.3. The zero-order valence-electron chi connectivity index (χ0n) is 35.9. The van der Waals surface area contributed by atoms with Crippen LogP contribution in [0.25, 0.3) is 22.3 Å². The number of carbonyl (C=O) groups is 2. The third kappa shape index (κ3) is 11.9. The van der Waals surface area contributed by atoms with E-state index in [2.05, 4.69) is 44.9 Å². The zero-order chi connectivity index (χ0) is 47.2. The number of pyridine rings is 2. The van der Waals surface area contributed by atoms with Crippen molar-refractivity contribution < 1.29 is 55.6 Å². The van der Waals surface area contributed by atoms with Gasteiger partial charge in [-0.05, 0) is 155 Å². The molecule has 0 unspecified atom stereocenters. The van der Waals surface area contributed by atoms with E-state index in [1.165, 1.54) is 35.7 Å². The number of rotatable bonds is 14. The number of carboxylic acids is 2. The van der Waals surface area contributed by atoms with E-state index in [0.29, 0.717) is 37.1 Å². The number of nitrogens with zero attached hydrogens (tertiary/aromatic N) is 2. The van der Waals surface area contributed by atoms with Crippen LogP contribution < -0.4 is 20.1 Å². The van der Waals surface area contributed by atoms with Crippen LogP contribution in [0.5, 0.6) is 11.5 Å². The summed E-state index contributed by atoms with van der Waals surface area (Å²) in [6.45, 7) is 2.45. The van der Waals surface area contributed by atoms with Gasteiger partial charge >= 0.3 is 24.3 Å². The summed E-state index contributed by atoms with van der Waals surface area (Å²) in [5, 5.41) is 25.7. The van der Waals surface area contributed by atoms with Crippen molar-refractivity contribution in [2.75, 3.05) is 13.2 Å². The topological polar surface area (TPSA) is 143 Å². The predicted octanol–water partition coefficient (Wildman–Crippen LogP) is 10.9. The molecule has 0 spiro atoms. The van der Waals surface area contributed by atoms with Crippen LogP contribution in [0.2, 0.25) is 0 Å². The van der Waals surface area contributed by atoms with Crippen molar-refractivity contribution >= 4 is 11.9 Å². The Morgan fingerprint density at radius 1 is 0.606 bits per heavy atom. The van der Waals surface area contributed by atoms with Gasteiger partial charge < -0.3 is 30.3 Å². The molecular weight excluding hydrogens is 867 g/mol. The van der Waals surface area contributed by atoms with Crippen molar-refractivity contribution in [1.29, 1.82) is 0 Å². The van der Waals surface area contributed by atoms with Crippen LogP contribution in [0.1, 0.15) is 90.1 Å². The molecular formula is C50H46F6N4O6. The fourth-order valence-electron chi connectivity index (χ4n) is 8.43. The maximum atomic E-state index is 12.4. The van der Waals surface area contributed by atoms with Crippen LogP contribution in [0.4, 0.5) is 26.3 Å². The first-order valence-corrected chi connectivity index (χ1v) is 21.1. The molecule has 66 heavy (non-hydrogen) atoms. The minimum absolute atomic E-state index is 0.107. The van der Waals surface area contributed by atoms with Gasteiger partial charge in [0, 0.05) is 50.0 Å². The first-order valence-electron chi connectivity index (χ1n) is 21.1. The predicted molar refractivity (Wildman–Crippen MR) is 235 cm³/mol. The summed E-state index contributed by atoms with van der Waals surface area (Å²) in [7, 11) is 0. The van der Waals surface area contributed by atoms with Crippen molar-refractivity contribution in [3.05, 3.63) is 165 Å². The highest BCUT2D eigenvalue weighted by molar-refractivity contribution is 5.89. The van der Waals surface area contributed by atoms with Crippen LogP contribution >= 0.6 is 0 Å². The van der Waals surface area contributed by atoms with E-state index < -0.39 is 37.5 Å². The van der Waals surface area contributed by atoms with Crippen LogP contribution in [-0.2, 0) is 25.9 Å². The summed E-state index contributed by atoms with van der Waals surface area (Å²) in [4.78, 5) is 30.9. The molecule has 8 rings (SSSR count). The minimum Gasteiger partial charge on any atom is -0.484 e. The SMILES string of the molecule is Cc1cc(OCC(F)(F)F)ccc1-c1ccc2c(c1)CN[C@@H]2CCc1cnccc1C(=O)O.Cc1cc(OCC(F)(F)F)ccc1-c1ccc2c(c1)CN[C@H]2CCc1cnccc1C(=O)O. The quantitative estimate of drug-likeness (QED) is 0.0780. The zero-order valence-corrected chi connectivity index (χ0v) is 35.9. The third-order valence-electron chi connectivity index (χ3n) is 11.6. The van der Waals surface area contributed by atoms with Crippen molar-refractivity contribution in [3.63, 3.8) is 0 Å². The van der Waals surface area contributed by atoms with Crippen LogP contribution in [0, 0.1) is 13.8 Å². The van der Waals surface area contributed by atoms with E-state index in [4.69, 9.17) is 9.47 Å². The number of aromatic nitrogens is 2. The molecule has 0 aliphatic carbocycles. The maximum Gasteiger partial charge on any atom is 0.422 e. The number of ether oxygens (including phenoxy) is 2. The second-order valence-electron chi connectivity index (χ2n) is 16.2. The fourth-order valence-corrected chi connectivity index (χ4v) is 8.43. The van der Waals surface area contributed by atoms with Gasteiger partial charge in [-0.1, -0.05) is 36.4 Å². The molecule has 6 aromatic rings. The lowest BCUT2D eigenvalue weighted by molar-refractivity contribution is -0.154. The summed E-state index contributed by atoms with van der Waals surface area (Å²) in [6, 6.07) is 25.4. The third-order valence-corrected chi connectivity index (χ3v) is 11.6. The second-order valence-corrected chi connectivity index (χ2v) is 16.2. The number of halogens is 6. The van der Waals surface area contributed by atoms with E-state index in [1.54, 1.807) is 48.8 Å². The average molecular weight is 913 g/mol. The Bertz CT molecular complexity index is 2540. The highest BCUT2D eigenvalue weighted by Gasteiger charge is 2.30. The number of fused-ring (bicyclic) bond motifs is 2. The van der Waals surface area contributed by atoms with Gasteiger partial charge in [0.25, 0.3) is 0 Å². The first kappa shape index (κ1) is 47.2. The standard InChI is InChI=1S/2C25H23F3N2O3/c2*1-15-10-19(33-14-25(26,27)28)4-6-20(15)16-2-5-21-18(11-16)13-30-23(21)7-3-17-12-29-9-8-22(17)24(31)32/h2*2,4-6,8-12,23,30H,3,7,13-14H2,1H3,(H,31,32)/t2*23-/m10/s1. The lowest BCUT2D eigenvalue weighted by Crippen LogP contribution is -2.19. The number of alkyl halides is 6. The summed E-state index contributed by atoms with van der Waals surface area (Å²) < 4.78 is 84.0. The van der Waals surface area contributed by atoms with E-state index in [9.17, 15) is 46.1 Å². The molecule has 0 fully saturated rings. The lowest BCUT2D eigenvalue weighted by Gasteiger charge is -2.14. The van der Waals surface area contributed by atoms with Gasteiger partial charge in [-0.2, -0.15) is 26.3 Å². The molecule has 4 N–H and O–H groups in total. The number of hydrogen-bond acceptors (Lipinski definition) is 8. The Kier molecular flexibility index (Phi) is 14.4. The molecule has 0 saturated heterocycles. The highest BCUT2D eigenvalue weighted by Crippen LogP contribution is 2.37. The van der Waals surface area contributed by atoms with Gasteiger partial charge in [0.2, 0.25) is 0 Å². The van der Waals surface area contributed by atoms with Gasteiger partial charge in [0.05, 0.1) is 11.1 Å². The molecule has 0 saturated carbocycles. The van der Waals surface area contributed by atoms with E-state index in [-0.39, 0.29) is 34.7 Å². The van der Waals surface area contributed by atoms with E-state index in [0.717, 1.165) is 57.3 Å². The summed E-state index contributed by atoms with van der Waals surface area (Å²) in [5.41, 5.74) is 12.1. The van der Waals surface area contributed by atoms with Gasteiger partial charge in [0.15, 0.2) is 13.2 Å². The Labute approximate surface area is 376 Å². The van der Waals surface area contributed by atoms with Gasteiger partial charge in [-0.3, -0.25) is 9.97 Å². The van der Waals surface area contributed by atoms with Gasteiger partial charge in [0.1, 0.15) is 11.5 Å². The largest absolute Gasteiger partial charge is 0.484 e. The Balaban J connectivity index is 0.000000196. The molecule has 2 atom stereocenters. The van der Waals surface area contributed by atoms with Crippen LogP contribution in [-0.4, -0.2) is 57.7 Å². The minimum atomic E-state index is -4.37. The fraction of sp³-hybridized carbons (Fsp3) is 0.280. The molecule has 0 radical (unpaired) electrons. The summed E-state index contributed by atoms with van der Waals surface area (Å²) in [5.74, 6) is -1.54. The average Bonchev–Trinajstić information content (AvgIpc) is 3.89. The van der Waals surface area contributed by atoms with Crippen LogP contribution in [0.3, 0.4) is 0 Å². The molecule has 2 aromatic heterocycles. The van der Waals surface area contributed by atoms with E-state index in [1.807, 2.05) is 26.0 Å². The molecule has 2 aliphatic heterocycles. The van der Waals surface area contributed by atoms with Gasteiger partial charge in [-0.15, -0.1) is 0 Å². The first-order chi connectivity index (χ1) is 31.4. The number of aryl methyl sites for hydroxylation is 4. The monoisotopic (exact) mass is 912 g/mol. The van der Waals surface area contributed by atoms with Crippen LogP contribution in [0.15, 0.2) is 110 Å². The molecule has 4 aromatic carbocycles. The smallest absolute Gasteiger partial charge is 0.422 e. The second kappa shape index (κ2) is 20.2. The number of benzene rings is 4. The molecule has 0 bridgehead atoms. The number of hydrogen-bond donors (Lipinski definition) is 4. The van der Waals surface area contributed by atoms with E-state index >= 15 is 0 Å². The van der Waals surface area contributed by atoms with Crippen molar-refractivity contribution in [2.45, 2.75) is 77.1 Å². The number of nitrogens with one attached hydrogen (secondary N) is 2. The Morgan fingerprint density at radius 3 is 1.38 bits per heavy atom. The lowest BCUT2D eigenvalue weighted by atomic mass is 9.93. The number of carboxylic acid groups (broad SMARTS) is 2. The molecule has 344 valence electrons. The molecule has 4 heterocycles. The number of aromatic carboxylic acids is 2. The molecule has 0 amide bonds. The molecule has 16 heteroatoms. The highest BCUT2D eigenvalue weighted by atomic mass is 19.4. The van der Waals surface area contributed by atoms with Crippen molar-refractivity contribution in [1.82, 2.24) is 20.6 Å². The Morgan fingerprint density at radius 2 is 1.02 bits per heavy atom. The molecule has 10 nitrogen and oxygen atoms in total. The summed E-state index contributed by atoms with van der Waals surface area (Å²) >= 11 is 0. The maximum absolute atomic E-state index is 12.4. The Hall–Kier alpha value is -6.78. The summed E-state index contributed by atoms with van der Waals surface area (Å²) in [6.07, 6.45) is 0.0825.